The predicted molar refractivity (Wildman–Crippen MR) is 102 cm³/mol. The van der Waals surface area contributed by atoms with Crippen LogP contribution in [0.25, 0.3) is 0 Å². The highest BCUT2D eigenvalue weighted by Gasteiger charge is 2.14. The Morgan fingerprint density at radius 1 is 0.926 bits per heavy atom. The second kappa shape index (κ2) is 10.0. The SMILES string of the molecule is Cc1cccc(C)c1CC(=O)C[n+]1cccc(OCc2ccccc2)c1.[Br-]. The first-order chi connectivity index (χ1) is 12.6. The molecule has 0 saturated heterocycles. The van der Waals surface area contributed by atoms with Crippen LogP contribution in [0.5, 0.6) is 5.75 Å². The average molecular weight is 426 g/mol. The molecule has 140 valence electrons. The fourth-order valence-electron chi connectivity index (χ4n) is 3.01. The highest BCUT2D eigenvalue weighted by Crippen LogP contribution is 2.14. The number of nitrogens with zero attached hydrogens (tertiary/aromatic N) is 1. The van der Waals surface area contributed by atoms with Gasteiger partial charge in [-0.3, -0.25) is 4.79 Å². The zero-order valence-electron chi connectivity index (χ0n) is 15.7. The molecule has 27 heavy (non-hydrogen) atoms. The van der Waals surface area contributed by atoms with E-state index in [2.05, 4.69) is 26.0 Å². The number of halogens is 1. The second-order valence-electron chi connectivity index (χ2n) is 6.57. The zero-order chi connectivity index (χ0) is 18.4. The number of carbonyl (C=O) groups is 1. The third-order valence-corrected chi connectivity index (χ3v) is 4.46. The molecular weight excluding hydrogens is 402 g/mol. The van der Waals surface area contributed by atoms with Crippen molar-refractivity contribution >= 4 is 5.78 Å². The zero-order valence-corrected chi connectivity index (χ0v) is 17.3. The molecule has 0 saturated carbocycles. The molecule has 0 bridgehead atoms. The molecule has 0 N–H and O–H groups in total. The van der Waals surface area contributed by atoms with E-state index >= 15 is 0 Å². The molecule has 0 aliphatic heterocycles. The van der Waals surface area contributed by atoms with Gasteiger partial charge in [-0.15, -0.1) is 0 Å². The Balaban J connectivity index is 0.00000261. The number of benzene rings is 2. The highest BCUT2D eigenvalue weighted by molar-refractivity contribution is 5.80. The van der Waals surface area contributed by atoms with Gasteiger partial charge in [-0.1, -0.05) is 48.5 Å². The van der Waals surface area contributed by atoms with Crippen LogP contribution in [0.1, 0.15) is 22.3 Å². The van der Waals surface area contributed by atoms with Crippen LogP contribution < -0.4 is 26.3 Å². The quantitative estimate of drug-likeness (QED) is 0.528. The Hall–Kier alpha value is -2.46. The molecule has 0 radical (unpaired) electrons. The summed E-state index contributed by atoms with van der Waals surface area (Å²) in [6, 6.07) is 20.0. The van der Waals surface area contributed by atoms with Gasteiger partial charge in [0.2, 0.25) is 18.5 Å². The number of aromatic nitrogens is 1. The van der Waals surface area contributed by atoms with Gasteiger partial charge in [-0.25, -0.2) is 0 Å². The van der Waals surface area contributed by atoms with Crippen LogP contribution in [0, 0.1) is 13.8 Å². The van der Waals surface area contributed by atoms with Crippen molar-refractivity contribution in [1.29, 1.82) is 0 Å². The summed E-state index contributed by atoms with van der Waals surface area (Å²) in [7, 11) is 0. The van der Waals surface area contributed by atoms with Gasteiger partial charge in [-0.2, -0.15) is 4.57 Å². The van der Waals surface area contributed by atoms with Gasteiger partial charge in [0.05, 0.1) is 0 Å². The van der Waals surface area contributed by atoms with Gasteiger partial charge in [-0.05, 0) is 42.2 Å². The number of ether oxygens (including phenoxy) is 1. The lowest BCUT2D eigenvalue weighted by Crippen LogP contribution is -3.00. The van der Waals surface area contributed by atoms with E-state index in [-0.39, 0.29) is 22.8 Å². The van der Waals surface area contributed by atoms with Crippen molar-refractivity contribution in [2.75, 3.05) is 0 Å². The van der Waals surface area contributed by atoms with E-state index in [0.29, 0.717) is 19.6 Å². The maximum atomic E-state index is 12.5. The lowest BCUT2D eigenvalue weighted by molar-refractivity contribution is -0.684. The molecule has 0 aliphatic rings. The molecule has 1 heterocycles. The Kier molecular flexibility index (Phi) is 7.74. The van der Waals surface area contributed by atoms with Gasteiger partial charge in [0.1, 0.15) is 6.61 Å². The van der Waals surface area contributed by atoms with Gasteiger partial charge < -0.3 is 21.7 Å². The minimum Gasteiger partial charge on any atom is -1.00 e. The summed E-state index contributed by atoms with van der Waals surface area (Å²) in [4.78, 5) is 12.5. The fraction of sp³-hybridized carbons (Fsp3) is 0.217. The van der Waals surface area contributed by atoms with Crippen molar-refractivity contribution in [3.63, 3.8) is 0 Å². The van der Waals surface area contributed by atoms with Crippen molar-refractivity contribution in [2.24, 2.45) is 0 Å². The van der Waals surface area contributed by atoms with Crippen molar-refractivity contribution in [3.8, 4) is 5.75 Å². The maximum Gasteiger partial charge on any atom is 0.211 e. The molecule has 0 amide bonds. The summed E-state index contributed by atoms with van der Waals surface area (Å²) in [5.41, 5.74) is 4.59. The van der Waals surface area contributed by atoms with Crippen LogP contribution in [0.4, 0.5) is 0 Å². The molecule has 0 aliphatic carbocycles. The monoisotopic (exact) mass is 425 g/mol. The van der Waals surface area contributed by atoms with Crippen LogP contribution in [-0.2, 0) is 24.4 Å². The highest BCUT2D eigenvalue weighted by atomic mass is 79.9. The number of rotatable bonds is 7. The van der Waals surface area contributed by atoms with E-state index in [1.54, 1.807) is 0 Å². The third-order valence-electron chi connectivity index (χ3n) is 4.46. The van der Waals surface area contributed by atoms with E-state index < -0.39 is 0 Å². The average Bonchev–Trinajstić information content (AvgIpc) is 2.64. The minimum atomic E-state index is 0. The van der Waals surface area contributed by atoms with E-state index in [4.69, 9.17) is 4.74 Å². The minimum absolute atomic E-state index is 0. The summed E-state index contributed by atoms with van der Waals surface area (Å²) in [5.74, 6) is 0.948. The largest absolute Gasteiger partial charge is 1.00 e. The number of aryl methyl sites for hydroxylation is 2. The molecule has 1 aromatic heterocycles. The smallest absolute Gasteiger partial charge is 0.211 e. The van der Waals surface area contributed by atoms with Crippen molar-refractivity contribution < 1.29 is 31.1 Å². The van der Waals surface area contributed by atoms with Gasteiger partial charge in [0.15, 0.2) is 11.9 Å². The molecule has 0 unspecified atom stereocenters. The van der Waals surface area contributed by atoms with Gasteiger partial charge in [0.25, 0.3) is 0 Å². The van der Waals surface area contributed by atoms with Gasteiger partial charge >= 0.3 is 0 Å². The molecule has 4 heteroatoms. The standard InChI is InChI=1S/C23H24NO2.BrH/c1-18-8-6-9-19(2)23(18)14-21(25)15-24-13-7-12-22(16-24)26-17-20-10-4-3-5-11-20;/h3-13,16H,14-15,17H2,1-2H3;1H/q+1;/p-1. The Labute approximate surface area is 171 Å². The second-order valence-corrected chi connectivity index (χ2v) is 6.57. The van der Waals surface area contributed by atoms with Crippen LogP contribution in [0.3, 0.4) is 0 Å². The van der Waals surface area contributed by atoms with Crippen LogP contribution in [-0.4, -0.2) is 5.78 Å². The van der Waals surface area contributed by atoms with Crippen LogP contribution >= 0.6 is 0 Å². The Morgan fingerprint density at radius 2 is 1.63 bits per heavy atom. The molecular formula is C23H24BrNO2. The number of ketones is 1. The van der Waals surface area contributed by atoms with E-state index in [0.717, 1.165) is 16.9 Å². The Morgan fingerprint density at radius 3 is 2.33 bits per heavy atom. The topological polar surface area (TPSA) is 30.2 Å². The number of pyridine rings is 1. The number of hydrogen-bond donors (Lipinski definition) is 0. The summed E-state index contributed by atoms with van der Waals surface area (Å²) in [6.45, 7) is 4.97. The van der Waals surface area contributed by atoms with E-state index in [9.17, 15) is 4.79 Å². The number of hydrogen-bond acceptors (Lipinski definition) is 2. The number of Topliss-reactive ketones (excluding diaryl/α,β-unsaturated/α-hetero) is 1. The molecule has 3 aromatic rings. The molecule has 3 rings (SSSR count). The van der Waals surface area contributed by atoms with Crippen LogP contribution in [0.15, 0.2) is 73.1 Å². The lowest BCUT2D eigenvalue weighted by atomic mass is 9.98. The maximum absolute atomic E-state index is 12.5. The predicted octanol–water partition coefficient (Wildman–Crippen LogP) is 0.986. The van der Waals surface area contributed by atoms with E-state index in [1.807, 2.05) is 65.5 Å². The Bertz CT molecular complexity index is 874. The lowest BCUT2D eigenvalue weighted by Gasteiger charge is -2.08. The normalized spacial score (nSPS) is 10.1. The first kappa shape index (κ1) is 20.8. The fourth-order valence-corrected chi connectivity index (χ4v) is 3.01. The molecule has 3 nitrogen and oxygen atoms in total. The van der Waals surface area contributed by atoms with Crippen molar-refractivity contribution in [3.05, 3.63) is 95.3 Å². The molecule has 0 atom stereocenters. The summed E-state index contributed by atoms with van der Waals surface area (Å²) in [6.07, 6.45) is 4.24. The first-order valence-corrected chi connectivity index (χ1v) is 8.84. The summed E-state index contributed by atoms with van der Waals surface area (Å²) >= 11 is 0. The summed E-state index contributed by atoms with van der Waals surface area (Å²) in [5, 5.41) is 0. The molecule has 0 spiro atoms. The molecule has 0 fully saturated rings. The van der Waals surface area contributed by atoms with Crippen molar-refractivity contribution in [2.45, 2.75) is 33.4 Å². The van der Waals surface area contributed by atoms with Crippen LogP contribution in [0.2, 0.25) is 0 Å². The van der Waals surface area contributed by atoms with Crippen molar-refractivity contribution in [1.82, 2.24) is 0 Å². The summed E-state index contributed by atoms with van der Waals surface area (Å²) < 4.78 is 7.72. The molecule has 2 aromatic carbocycles. The van der Waals surface area contributed by atoms with E-state index in [1.165, 1.54) is 11.1 Å². The first-order valence-electron chi connectivity index (χ1n) is 8.84. The van der Waals surface area contributed by atoms with Gasteiger partial charge in [0, 0.05) is 12.5 Å². The third kappa shape index (κ3) is 6.04. The number of carbonyl (C=O) groups excluding carboxylic acids is 1.